The van der Waals surface area contributed by atoms with Gasteiger partial charge in [0.05, 0.1) is 17.5 Å². The first-order valence-electron chi connectivity index (χ1n) is 6.80. The van der Waals surface area contributed by atoms with Crippen LogP contribution < -0.4 is 0 Å². The van der Waals surface area contributed by atoms with Crippen molar-refractivity contribution in [3.8, 4) is 0 Å². The SMILES string of the molecule is CCC(C)n1ccc(CC(C)(O)c2cncc(F)c2)n1. The minimum atomic E-state index is -1.19. The minimum Gasteiger partial charge on any atom is -0.385 e. The van der Waals surface area contributed by atoms with Gasteiger partial charge in [0.1, 0.15) is 5.82 Å². The fourth-order valence-corrected chi connectivity index (χ4v) is 2.07. The molecule has 0 aromatic carbocycles. The van der Waals surface area contributed by atoms with E-state index in [9.17, 15) is 9.50 Å². The third-order valence-corrected chi connectivity index (χ3v) is 3.56. The molecule has 2 unspecified atom stereocenters. The Bertz CT molecular complexity index is 580. The molecule has 0 saturated carbocycles. The third-order valence-electron chi connectivity index (χ3n) is 3.56. The van der Waals surface area contributed by atoms with Gasteiger partial charge in [0.15, 0.2) is 0 Å². The van der Waals surface area contributed by atoms with Crippen LogP contribution in [0, 0.1) is 5.82 Å². The van der Waals surface area contributed by atoms with E-state index >= 15 is 0 Å². The van der Waals surface area contributed by atoms with Crippen LogP contribution in [-0.2, 0) is 12.0 Å². The Balaban J connectivity index is 2.17. The Morgan fingerprint density at radius 3 is 2.85 bits per heavy atom. The van der Waals surface area contributed by atoms with Crippen molar-refractivity contribution >= 4 is 0 Å². The summed E-state index contributed by atoms with van der Waals surface area (Å²) in [6.45, 7) is 5.83. The van der Waals surface area contributed by atoms with Crippen molar-refractivity contribution < 1.29 is 9.50 Å². The van der Waals surface area contributed by atoms with Crippen LogP contribution in [-0.4, -0.2) is 19.9 Å². The zero-order chi connectivity index (χ0) is 14.8. The summed E-state index contributed by atoms with van der Waals surface area (Å²) in [7, 11) is 0. The molecule has 0 spiro atoms. The average molecular weight is 277 g/mol. The highest BCUT2D eigenvalue weighted by Crippen LogP contribution is 2.25. The molecule has 20 heavy (non-hydrogen) atoms. The largest absolute Gasteiger partial charge is 0.385 e. The summed E-state index contributed by atoms with van der Waals surface area (Å²) >= 11 is 0. The highest BCUT2D eigenvalue weighted by Gasteiger charge is 2.25. The lowest BCUT2D eigenvalue weighted by Crippen LogP contribution is -2.25. The number of aliphatic hydroxyl groups is 1. The number of hydrogen-bond donors (Lipinski definition) is 1. The Morgan fingerprint density at radius 2 is 2.20 bits per heavy atom. The Labute approximate surface area is 118 Å². The first-order valence-corrected chi connectivity index (χ1v) is 6.80. The lowest BCUT2D eigenvalue weighted by molar-refractivity contribution is 0.0556. The molecule has 0 fully saturated rings. The maximum Gasteiger partial charge on any atom is 0.141 e. The number of hydrogen-bond acceptors (Lipinski definition) is 3. The molecule has 108 valence electrons. The maximum atomic E-state index is 13.2. The van der Waals surface area contributed by atoms with Crippen molar-refractivity contribution in [2.75, 3.05) is 0 Å². The average Bonchev–Trinajstić information content (AvgIpc) is 2.85. The highest BCUT2D eigenvalue weighted by atomic mass is 19.1. The van der Waals surface area contributed by atoms with Crippen molar-refractivity contribution in [3.63, 3.8) is 0 Å². The van der Waals surface area contributed by atoms with Gasteiger partial charge in [-0.15, -0.1) is 0 Å². The second-order valence-corrected chi connectivity index (χ2v) is 5.39. The summed E-state index contributed by atoms with van der Waals surface area (Å²) < 4.78 is 15.1. The molecule has 4 nitrogen and oxygen atoms in total. The Hall–Kier alpha value is -1.75. The van der Waals surface area contributed by atoms with Crippen LogP contribution in [0.3, 0.4) is 0 Å². The number of aromatic nitrogens is 3. The lowest BCUT2D eigenvalue weighted by Gasteiger charge is -2.22. The van der Waals surface area contributed by atoms with Crippen molar-refractivity contribution in [2.24, 2.45) is 0 Å². The normalized spacial score (nSPS) is 15.8. The fourth-order valence-electron chi connectivity index (χ4n) is 2.07. The summed E-state index contributed by atoms with van der Waals surface area (Å²) in [6.07, 6.45) is 5.82. The van der Waals surface area contributed by atoms with Gasteiger partial charge in [0, 0.05) is 30.4 Å². The smallest absolute Gasteiger partial charge is 0.141 e. The van der Waals surface area contributed by atoms with Crippen molar-refractivity contribution in [2.45, 2.75) is 45.3 Å². The second kappa shape index (κ2) is 5.71. The molecule has 1 N–H and O–H groups in total. The molecule has 2 aromatic rings. The molecule has 2 atom stereocenters. The molecule has 5 heteroatoms. The van der Waals surface area contributed by atoms with Crippen molar-refractivity contribution in [1.29, 1.82) is 0 Å². The van der Waals surface area contributed by atoms with E-state index in [1.54, 1.807) is 6.92 Å². The third kappa shape index (κ3) is 3.22. The van der Waals surface area contributed by atoms with Gasteiger partial charge in [0.2, 0.25) is 0 Å². The van der Waals surface area contributed by atoms with Gasteiger partial charge in [-0.25, -0.2) is 4.39 Å². The van der Waals surface area contributed by atoms with E-state index in [4.69, 9.17) is 0 Å². The molecular weight excluding hydrogens is 257 g/mol. The fraction of sp³-hybridized carbons (Fsp3) is 0.467. The maximum absolute atomic E-state index is 13.2. The number of halogens is 1. The van der Waals surface area contributed by atoms with Crippen LogP contribution >= 0.6 is 0 Å². The summed E-state index contributed by atoms with van der Waals surface area (Å²) in [5, 5.41) is 15.0. The zero-order valence-corrected chi connectivity index (χ0v) is 12.0. The molecule has 0 aliphatic rings. The monoisotopic (exact) mass is 277 g/mol. The van der Waals surface area contributed by atoms with Gasteiger partial charge in [-0.05, 0) is 32.4 Å². The first-order chi connectivity index (χ1) is 9.42. The van der Waals surface area contributed by atoms with Crippen LogP contribution in [0.5, 0.6) is 0 Å². The zero-order valence-electron chi connectivity index (χ0n) is 12.0. The molecule has 0 bridgehead atoms. The summed E-state index contributed by atoms with van der Waals surface area (Å²) in [5.41, 5.74) is 0.0409. The standard InChI is InChI=1S/C15H20FN3O/c1-4-11(2)19-6-5-14(18-19)8-15(3,20)12-7-13(16)10-17-9-12/h5-7,9-11,20H,4,8H2,1-3H3. The van der Waals surface area contributed by atoms with Crippen molar-refractivity contribution in [3.05, 3.63) is 47.8 Å². The van der Waals surface area contributed by atoms with Gasteiger partial charge in [-0.1, -0.05) is 6.92 Å². The lowest BCUT2D eigenvalue weighted by atomic mass is 9.92. The topological polar surface area (TPSA) is 50.9 Å². The molecule has 0 aliphatic carbocycles. The molecule has 0 radical (unpaired) electrons. The van der Waals surface area contributed by atoms with E-state index in [1.807, 2.05) is 16.9 Å². The molecular formula is C15H20FN3O. The first kappa shape index (κ1) is 14.7. The minimum absolute atomic E-state index is 0.321. The van der Waals surface area contributed by atoms with Crippen LogP contribution in [0.15, 0.2) is 30.7 Å². The second-order valence-electron chi connectivity index (χ2n) is 5.39. The van der Waals surface area contributed by atoms with Gasteiger partial charge >= 0.3 is 0 Å². The summed E-state index contributed by atoms with van der Waals surface area (Å²) in [6, 6.07) is 3.51. The van der Waals surface area contributed by atoms with E-state index in [1.165, 1.54) is 12.3 Å². The van der Waals surface area contributed by atoms with Gasteiger partial charge in [-0.2, -0.15) is 5.10 Å². The molecule has 0 aliphatic heterocycles. The predicted octanol–water partition coefficient (Wildman–Crippen LogP) is 2.84. The van der Waals surface area contributed by atoms with Crippen LogP contribution in [0.4, 0.5) is 4.39 Å². The van der Waals surface area contributed by atoms with Crippen LogP contribution in [0.25, 0.3) is 0 Å². The number of nitrogens with zero attached hydrogens (tertiary/aromatic N) is 3. The highest BCUT2D eigenvalue weighted by molar-refractivity contribution is 5.20. The summed E-state index contributed by atoms with van der Waals surface area (Å²) in [5.74, 6) is -0.451. The van der Waals surface area contributed by atoms with E-state index in [0.717, 1.165) is 18.3 Å². The van der Waals surface area contributed by atoms with E-state index in [2.05, 4.69) is 23.9 Å². The Morgan fingerprint density at radius 1 is 1.45 bits per heavy atom. The van der Waals surface area contributed by atoms with Crippen LogP contribution in [0.1, 0.15) is 44.5 Å². The quantitative estimate of drug-likeness (QED) is 0.914. The molecule has 0 amide bonds. The van der Waals surface area contributed by atoms with E-state index < -0.39 is 11.4 Å². The van der Waals surface area contributed by atoms with Gasteiger partial charge < -0.3 is 5.11 Å². The summed E-state index contributed by atoms with van der Waals surface area (Å²) in [4.78, 5) is 3.78. The molecule has 0 saturated heterocycles. The van der Waals surface area contributed by atoms with E-state index in [0.29, 0.717) is 18.0 Å². The van der Waals surface area contributed by atoms with Crippen LogP contribution in [0.2, 0.25) is 0 Å². The molecule has 2 heterocycles. The number of rotatable bonds is 5. The van der Waals surface area contributed by atoms with Gasteiger partial charge in [0.25, 0.3) is 0 Å². The van der Waals surface area contributed by atoms with E-state index in [-0.39, 0.29) is 0 Å². The van der Waals surface area contributed by atoms with Gasteiger partial charge in [-0.3, -0.25) is 9.67 Å². The van der Waals surface area contributed by atoms with Crippen molar-refractivity contribution in [1.82, 2.24) is 14.8 Å². The Kier molecular flexibility index (Phi) is 4.18. The molecule has 2 aromatic heterocycles. The molecule has 2 rings (SSSR count). The predicted molar refractivity (Wildman–Crippen MR) is 74.7 cm³/mol. The number of pyridine rings is 1.